The van der Waals surface area contributed by atoms with Crippen molar-refractivity contribution in [3.05, 3.63) is 58.6 Å². The SMILES string of the molecule is COc1ccc(Br)c(NC(c2ccccc2)C2CC2)c1. The molecule has 3 heteroatoms. The summed E-state index contributed by atoms with van der Waals surface area (Å²) in [7, 11) is 1.70. The van der Waals surface area contributed by atoms with Gasteiger partial charge in [-0.15, -0.1) is 0 Å². The van der Waals surface area contributed by atoms with E-state index in [-0.39, 0.29) is 0 Å². The van der Waals surface area contributed by atoms with Crippen molar-refractivity contribution >= 4 is 21.6 Å². The minimum atomic E-state index is 0.375. The first-order valence-corrected chi connectivity index (χ1v) is 7.72. The number of halogens is 1. The van der Waals surface area contributed by atoms with Crippen LogP contribution in [0.5, 0.6) is 5.75 Å². The van der Waals surface area contributed by atoms with Gasteiger partial charge in [0.1, 0.15) is 5.75 Å². The van der Waals surface area contributed by atoms with Crippen molar-refractivity contribution in [1.82, 2.24) is 0 Å². The van der Waals surface area contributed by atoms with Gasteiger partial charge in [0.15, 0.2) is 0 Å². The lowest BCUT2D eigenvalue weighted by Gasteiger charge is -2.21. The van der Waals surface area contributed by atoms with E-state index in [9.17, 15) is 0 Å². The van der Waals surface area contributed by atoms with E-state index >= 15 is 0 Å². The molecule has 2 nitrogen and oxygen atoms in total. The standard InChI is InChI=1S/C17H18BrNO/c1-20-14-9-10-15(18)16(11-14)19-17(13-7-8-13)12-5-3-2-4-6-12/h2-6,9-11,13,17,19H,7-8H2,1H3. The summed E-state index contributed by atoms with van der Waals surface area (Å²) in [6.45, 7) is 0. The average molecular weight is 332 g/mol. The van der Waals surface area contributed by atoms with E-state index in [1.54, 1.807) is 7.11 Å². The van der Waals surface area contributed by atoms with Crippen molar-refractivity contribution < 1.29 is 4.74 Å². The van der Waals surface area contributed by atoms with Crippen molar-refractivity contribution in [3.8, 4) is 5.75 Å². The lowest BCUT2D eigenvalue weighted by molar-refractivity contribution is 0.415. The zero-order valence-corrected chi connectivity index (χ0v) is 13.1. The van der Waals surface area contributed by atoms with Crippen LogP contribution in [0.3, 0.4) is 0 Å². The summed E-state index contributed by atoms with van der Waals surface area (Å²) in [5.41, 5.74) is 2.44. The molecule has 0 aromatic heterocycles. The Balaban J connectivity index is 1.87. The number of hydrogen-bond acceptors (Lipinski definition) is 2. The van der Waals surface area contributed by atoms with Crippen molar-refractivity contribution in [3.63, 3.8) is 0 Å². The Kier molecular flexibility index (Phi) is 3.97. The molecule has 2 aromatic rings. The number of hydrogen-bond donors (Lipinski definition) is 1. The van der Waals surface area contributed by atoms with E-state index in [4.69, 9.17) is 4.74 Å². The summed E-state index contributed by atoms with van der Waals surface area (Å²) in [5, 5.41) is 3.67. The van der Waals surface area contributed by atoms with Gasteiger partial charge in [-0.3, -0.25) is 0 Å². The number of rotatable bonds is 5. The van der Waals surface area contributed by atoms with Crippen LogP contribution in [0.2, 0.25) is 0 Å². The van der Waals surface area contributed by atoms with Crippen molar-refractivity contribution in [2.24, 2.45) is 5.92 Å². The summed E-state index contributed by atoms with van der Waals surface area (Å²) in [6.07, 6.45) is 2.60. The van der Waals surface area contributed by atoms with Crippen LogP contribution in [0.25, 0.3) is 0 Å². The molecule has 1 aliphatic rings. The molecular weight excluding hydrogens is 314 g/mol. The minimum Gasteiger partial charge on any atom is -0.497 e. The summed E-state index contributed by atoms with van der Waals surface area (Å²) in [6, 6.07) is 17.1. The fraction of sp³-hybridized carbons (Fsp3) is 0.294. The largest absolute Gasteiger partial charge is 0.497 e. The lowest BCUT2D eigenvalue weighted by Crippen LogP contribution is -2.13. The number of methoxy groups -OCH3 is 1. The van der Waals surface area contributed by atoms with E-state index in [1.807, 2.05) is 18.2 Å². The quantitative estimate of drug-likeness (QED) is 0.830. The molecule has 20 heavy (non-hydrogen) atoms. The van der Waals surface area contributed by atoms with Gasteiger partial charge in [-0.2, -0.15) is 0 Å². The Labute approximate surface area is 128 Å². The predicted octanol–water partition coefficient (Wildman–Crippen LogP) is 5.02. The van der Waals surface area contributed by atoms with E-state index in [0.29, 0.717) is 6.04 Å². The molecular formula is C17H18BrNO. The molecule has 2 aromatic carbocycles. The minimum absolute atomic E-state index is 0.375. The van der Waals surface area contributed by atoms with Crippen LogP contribution < -0.4 is 10.1 Å². The van der Waals surface area contributed by atoms with Gasteiger partial charge in [-0.05, 0) is 52.4 Å². The molecule has 1 atom stereocenters. The third-order valence-corrected chi connectivity index (χ3v) is 4.43. The monoisotopic (exact) mass is 331 g/mol. The number of anilines is 1. The molecule has 104 valence electrons. The van der Waals surface area contributed by atoms with Gasteiger partial charge in [0.05, 0.1) is 18.8 Å². The predicted molar refractivity (Wildman–Crippen MR) is 86.2 cm³/mol. The molecule has 1 fully saturated rings. The van der Waals surface area contributed by atoms with Gasteiger partial charge in [0.2, 0.25) is 0 Å². The molecule has 0 spiro atoms. The van der Waals surface area contributed by atoms with E-state index in [0.717, 1.165) is 21.8 Å². The van der Waals surface area contributed by atoms with E-state index < -0.39 is 0 Å². The Morgan fingerprint density at radius 3 is 2.55 bits per heavy atom. The molecule has 1 unspecified atom stereocenters. The van der Waals surface area contributed by atoms with E-state index in [2.05, 4.69) is 51.6 Å². The maximum atomic E-state index is 5.31. The third-order valence-electron chi connectivity index (χ3n) is 3.74. The molecule has 3 rings (SSSR count). The molecule has 0 aliphatic heterocycles. The van der Waals surface area contributed by atoms with Crippen LogP contribution >= 0.6 is 15.9 Å². The Hall–Kier alpha value is -1.48. The summed E-state index contributed by atoms with van der Waals surface area (Å²) in [4.78, 5) is 0. The highest BCUT2D eigenvalue weighted by atomic mass is 79.9. The van der Waals surface area contributed by atoms with Crippen LogP contribution in [-0.4, -0.2) is 7.11 Å². The molecule has 0 radical (unpaired) electrons. The third kappa shape index (κ3) is 2.98. The maximum Gasteiger partial charge on any atom is 0.121 e. The summed E-state index contributed by atoms with van der Waals surface area (Å²) in [5.74, 6) is 1.61. The summed E-state index contributed by atoms with van der Waals surface area (Å²) >= 11 is 3.61. The van der Waals surface area contributed by atoms with Crippen LogP contribution in [-0.2, 0) is 0 Å². The Morgan fingerprint density at radius 2 is 1.90 bits per heavy atom. The average Bonchev–Trinajstić information content (AvgIpc) is 3.32. The molecule has 1 saturated carbocycles. The first-order chi connectivity index (χ1) is 9.78. The highest BCUT2D eigenvalue weighted by Crippen LogP contribution is 2.44. The number of ether oxygens (including phenoxy) is 1. The van der Waals surface area contributed by atoms with Gasteiger partial charge in [0.25, 0.3) is 0 Å². The second kappa shape index (κ2) is 5.88. The molecule has 1 aliphatic carbocycles. The van der Waals surface area contributed by atoms with Crippen molar-refractivity contribution in [2.75, 3.05) is 12.4 Å². The molecule has 1 N–H and O–H groups in total. The second-order valence-electron chi connectivity index (χ2n) is 5.22. The van der Waals surface area contributed by atoms with Gasteiger partial charge in [-0.1, -0.05) is 30.3 Å². The first-order valence-electron chi connectivity index (χ1n) is 6.93. The second-order valence-corrected chi connectivity index (χ2v) is 6.07. The molecule has 0 bridgehead atoms. The topological polar surface area (TPSA) is 21.3 Å². The first kappa shape index (κ1) is 13.5. The summed E-state index contributed by atoms with van der Waals surface area (Å²) < 4.78 is 6.38. The van der Waals surface area contributed by atoms with Gasteiger partial charge in [0, 0.05) is 10.5 Å². The fourth-order valence-electron chi connectivity index (χ4n) is 2.47. The smallest absolute Gasteiger partial charge is 0.121 e. The van der Waals surface area contributed by atoms with Crippen LogP contribution in [0.4, 0.5) is 5.69 Å². The fourth-order valence-corrected chi connectivity index (χ4v) is 2.83. The highest BCUT2D eigenvalue weighted by molar-refractivity contribution is 9.10. The van der Waals surface area contributed by atoms with Gasteiger partial charge >= 0.3 is 0 Å². The van der Waals surface area contributed by atoms with Crippen LogP contribution in [0, 0.1) is 5.92 Å². The Morgan fingerprint density at radius 1 is 1.15 bits per heavy atom. The lowest BCUT2D eigenvalue weighted by atomic mass is 10.0. The van der Waals surface area contributed by atoms with Crippen LogP contribution in [0.1, 0.15) is 24.4 Å². The number of nitrogens with one attached hydrogen (secondary N) is 1. The maximum absolute atomic E-state index is 5.31. The molecule has 0 heterocycles. The zero-order chi connectivity index (χ0) is 13.9. The van der Waals surface area contributed by atoms with Gasteiger partial charge in [-0.25, -0.2) is 0 Å². The number of benzene rings is 2. The zero-order valence-electron chi connectivity index (χ0n) is 11.5. The van der Waals surface area contributed by atoms with E-state index in [1.165, 1.54) is 18.4 Å². The van der Waals surface area contributed by atoms with Crippen molar-refractivity contribution in [1.29, 1.82) is 0 Å². The highest BCUT2D eigenvalue weighted by Gasteiger charge is 2.32. The molecule has 0 amide bonds. The van der Waals surface area contributed by atoms with Crippen LogP contribution in [0.15, 0.2) is 53.0 Å². The molecule has 0 saturated heterocycles. The Bertz CT molecular complexity index is 581. The van der Waals surface area contributed by atoms with Gasteiger partial charge < -0.3 is 10.1 Å². The van der Waals surface area contributed by atoms with Crippen molar-refractivity contribution in [2.45, 2.75) is 18.9 Å². The normalized spacial score (nSPS) is 15.7.